The van der Waals surface area contributed by atoms with Gasteiger partial charge in [-0.3, -0.25) is 4.98 Å². The van der Waals surface area contributed by atoms with Crippen molar-refractivity contribution in [2.75, 3.05) is 5.32 Å². The summed E-state index contributed by atoms with van der Waals surface area (Å²) in [6, 6.07) is 21.7. The van der Waals surface area contributed by atoms with Crippen molar-refractivity contribution in [2.24, 2.45) is 0 Å². The van der Waals surface area contributed by atoms with E-state index in [-0.39, 0.29) is 0 Å². The van der Waals surface area contributed by atoms with Crippen molar-refractivity contribution in [3.63, 3.8) is 0 Å². The molecular weight excluding hydrogens is 358 g/mol. The molecule has 1 N–H and O–H groups in total. The van der Waals surface area contributed by atoms with E-state index in [1.54, 1.807) is 12.4 Å². The smallest absolute Gasteiger partial charge is 0.245 e. The third kappa shape index (κ3) is 2.98. The summed E-state index contributed by atoms with van der Waals surface area (Å²) in [4.78, 5) is 8.76. The van der Waals surface area contributed by atoms with E-state index in [9.17, 15) is 0 Å². The maximum Gasteiger partial charge on any atom is 0.245 e. The largest absolute Gasteiger partial charge is 0.323 e. The summed E-state index contributed by atoms with van der Waals surface area (Å²) in [5.41, 5.74) is 4.74. The number of nitrogens with zero attached hydrogens (tertiary/aromatic N) is 4. The summed E-state index contributed by atoms with van der Waals surface area (Å²) in [5.74, 6) is 0.519. The Balaban J connectivity index is 1.54. The summed E-state index contributed by atoms with van der Waals surface area (Å²) in [6.45, 7) is 0. The fourth-order valence-electron chi connectivity index (χ4n) is 3.11. The Hall–Kier alpha value is -3.44. The van der Waals surface area contributed by atoms with E-state index < -0.39 is 0 Å². The van der Waals surface area contributed by atoms with Crippen molar-refractivity contribution in [2.45, 2.75) is 0 Å². The zero-order valence-corrected chi connectivity index (χ0v) is 14.9. The molecule has 0 fully saturated rings. The molecule has 3 heterocycles. The molecule has 0 spiro atoms. The summed E-state index contributed by atoms with van der Waals surface area (Å²) >= 11 is 6.14. The predicted molar refractivity (Wildman–Crippen MR) is 108 cm³/mol. The lowest BCUT2D eigenvalue weighted by Gasteiger charge is -2.08. The molecule has 5 aromatic rings. The highest BCUT2D eigenvalue weighted by molar-refractivity contribution is 6.30. The molecule has 27 heavy (non-hydrogen) atoms. The van der Waals surface area contributed by atoms with E-state index in [0.717, 1.165) is 33.4 Å². The first-order valence-electron chi connectivity index (χ1n) is 8.49. The fraction of sp³-hybridized carbons (Fsp3) is 0. The molecule has 0 unspecified atom stereocenters. The average Bonchev–Trinajstić information content (AvgIpc) is 3.11. The molecule has 6 heteroatoms. The molecule has 5 rings (SSSR count). The minimum atomic E-state index is 0.519. The van der Waals surface area contributed by atoms with Gasteiger partial charge in [0.2, 0.25) is 5.95 Å². The Morgan fingerprint density at radius 3 is 2.78 bits per heavy atom. The van der Waals surface area contributed by atoms with Gasteiger partial charge in [-0.15, -0.1) is 5.10 Å². The SMILES string of the molecule is Clc1cccc(-c2ccc3cnc(Nc4ccc5ncccc5c4)nn23)c1. The molecule has 2 aromatic carbocycles. The highest BCUT2D eigenvalue weighted by Gasteiger charge is 2.08. The summed E-state index contributed by atoms with van der Waals surface area (Å²) in [7, 11) is 0. The zero-order valence-electron chi connectivity index (χ0n) is 14.2. The molecule has 0 aliphatic rings. The van der Waals surface area contributed by atoms with Crippen molar-refractivity contribution in [1.29, 1.82) is 0 Å². The second-order valence-electron chi connectivity index (χ2n) is 6.18. The van der Waals surface area contributed by atoms with Crippen LogP contribution in [0.2, 0.25) is 5.02 Å². The van der Waals surface area contributed by atoms with Crippen LogP contribution >= 0.6 is 11.6 Å². The first kappa shape index (κ1) is 15.8. The van der Waals surface area contributed by atoms with Gasteiger partial charge in [0.15, 0.2) is 0 Å². The van der Waals surface area contributed by atoms with Gasteiger partial charge >= 0.3 is 0 Å². The van der Waals surface area contributed by atoms with Crippen molar-refractivity contribution < 1.29 is 0 Å². The number of fused-ring (bicyclic) bond motifs is 2. The number of hydrogen-bond donors (Lipinski definition) is 1. The van der Waals surface area contributed by atoms with Crippen molar-refractivity contribution >= 4 is 39.7 Å². The normalized spacial score (nSPS) is 11.1. The Morgan fingerprint density at radius 1 is 0.889 bits per heavy atom. The van der Waals surface area contributed by atoms with Gasteiger partial charge in [0.05, 0.1) is 22.9 Å². The Bertz CT molecular complexity index is 1280. The molecule has 0 aliphatic carbocycles. The van der Waals surface area contributed by atoms with Gasteiger partial charge in [-0.2, -0.15) is 0 Å². The van der Waals surface area contributed by atoms with E-state index in [0.29, 0.717) is 11.0 Å². The van der Waals surface area contributed by atoms with Gasteiger partial charge in [-0.25, -0.2) is 9.50 Å². The Morgan fingerprint density at radius 2 is 1.85 bits per heavy atom. The van der Waals surface area contributed by atoms with Crippen LogP contribution in [0.15, 0.2) is 79.1 Å². The van der Waals surface area contributed by atoms with Crippen LogP contribution in [-0.2, 0) is 0 Å². The van der Waals surface area contributed by atoms with Crippen molar-refractivity contribution in [3.8, 4) is 11.3 Å². The minimum absolute atomic E-state index is 0.519. The number of rotatable bonds is 3. The highest BCUT2D eigenvalue weighted by atomic mass is 35.5. The van der Waals surface area contributed by atoms with Gasteiger partial charge in [0.25, 0.3) is 0 Å². The van der Waals surface area contributed by atoms with Crippen LogP contribution in [0, 0.1) is 0 Å². The third-order valence-electron chi connectivity index (χ3n) is 4.38. The monoisotopic (exact) mass is 371 g/mol. The third-order valence-corrected chi connectivity index (χ3v) is 4.61. The van der Waals surface area contributed by atoms with Gasteiger partial charge in [0, 0.05) is 27.9 Å². The number of pyridine rings is 1. The van der Waals surface area contributed by atoms with E-state index in [2.05, 4.69) is 20.4 Å². The molecule has 5 nitrogen and oxygen atoms in total. The number of halogens is 1. The van der Waals surface area contributed by atoms with Crippen LogP contribution < -0.4 is 5.32 Å². The minimum Gasteiger partial charge on any atom is -0.323 e. The maximum atomic E-state index is 6.14. The molecule has 0 radical (unpaired) electrons. The summed E-state index contributed by atoms with van der Waals surface area (Å²) in [5, 5.41) is 9.68. The Labute approximate surface area is 160 Å². The van der Waals surface area contributed by atoms with Crippen molar-refractivity contribution in [1.82, 2.24) is 19.6 Å². The molecule has 0 saturated heterocycles. The molecule has 0 amide bonds. The number of nitrogens with one attached hydrogen (secondary N) is 1. The second-order valence-corrected chi connectivity index (χ2v) is 6.62. The first-order chi connectivity index (χ1) is 13.3. The molecule has 0 saturated carbocycles. The van der Waals surface area contributed by atoms with Crippen LogP contribution in [0.4, 0.5) is 11.6 Å². The van der Waals surface area contributed by atoms with Gasteiger partial charge in [0.1, 0.15) is 0 Å². The lowest BCUT2D eigenvalue weighted by molar-refractivity contribution is 0.919. The van der Waals surface area contributed by atoms with E-state index in [4.69, 9.17) is 11.6 Å². The predicted octanol–water partition coefficient (Wildman–Crippen LogP) is 5.34. The number of aromatic nitrogens is 4. The fourth-order valence-corrected chi connectivity index (χ4v) is 3.30. The van der Waals surface area contributed by atoms with E-state index in [1.165, 1.54) is 0 Å². The van der Waals surface area contributed by atoms with Gasteiger partial charge < -0.3 is 5.32 Å². The van der Waals surface area contributed by atoms with Gasteiger partial charge in [-0.1, -0.05) is 29.8 Å². The number of benzene rings is 2. The maximum absolute atomic E-state index is 6.14. The first-order valence-corrected chi connectivity index (χ1v) is 8.87. The number of anilines is 2. The van der Waals surface area contributed by atoms with E-state index >= 15 is 0 Å². The lowest BCUT2D eigenvalue weighted by atomic mass is 10.2. The molecule has 0 bridgehead atoms. The standard InChI is InChI=1S/C21H14ClN5/c22-16-5-1-3-15(11-16)20-9-7-18-13-24-21(26-27(18)20)25-17-6-8-19-14(12-17)4-2-10-23-19/h1-13H,(H,25,26). The van der Waals surface area contributed by atoms with Crippen LogP contribution in [0.25, 0.3) is 27.7 Å². The van der Waals surface area contributed by atoms with Crippen LogP contribution in [0.3, 0.4) is 0 Å². The zero-order chi connectivity index (χ0) is 18.2. The molecule has 0 atom stereocenters. The molecule has 0 aliphatic heterocycles. The topological polar surface area (TPSA) is 55.1 Å². The van der Waals surface area contributed by atoms with Crippen molar-refractivity contribution in [3.05, 3.63) is 84.1 Å². The highest BCUT2D eigenvalue weighted by Crippen LogP contribution is 2.25. The molecule has 130 valence electrons. The quantitative estimate of drug-likeness (QED) is 0.465. The van der Waals surface area contributed by atoms with Crippen LogP contribution in [0.1, 0.15) is 0 Å². The lowest BCUT2D eigenvalue weighted by Crippen LogP contribution is -2.02. The molecular formula is C21H14ClN5. The Kier molecular flexibility index (Phi) is 3.73. The van der Waals surface area contributed by atoms with E-state index in [1.807, 2.05) is 71.2 Å². The van der Waals surface area contributed by atoms with Crippen LogP contribution in [0.5, 0.6) is 0 Å². The summed E-state index contributed by atoms with van der Waals surface area (Å²) < 4.78 is 1.86. The van der Waals surface area contributed by atoms with Gasteiger partial charge in [-0.05, 0) is 48.5 Å². The summed E-state index contributed by atoms with van der Waals surface area (Å²) in [6.07, 6.45) is 3.59. The van der Waals surface area contributed by atoms with Crippen LogP contribution in [-0.4, -0.2) is 19.6 Å². The average molecular weight is 372 g/mol. The number of hydrogen-bond acceptors (Lipinski definition) is 4. The second kappa shape index (κ2) is 6.37. The molecule has 3 aromatic heterocycles.